The molecule has 0 atom stereocenters. The molecule has 1 saturated heterocycles. The molecule has 1 aliphatic rings. The molecule has 7 nitrogen and oxygen atoms in total. The van der Waals surface area contributed by atoms with Crippen molar-refractivity contribution in [3.05, 3.63) is 54.1 Å². The smallest absolute Gasteiger partial charge is 0.283 e. The van der Waals surface area contributed by atoms with E-state index in [2.05, 4.69) is 0 Å². The first-order valence-electron chi connectivity index (χ1n) is 9.30. The van der Waals surface area contributed by atoms with Crippen LogP contribution >= 0.6 is 0 Å². The van der Waals surface area contributed by atoms with Crippen LogP contribution in [0.15, 0.2) is 48.5 Å². The van der Waals surface area contributed by atoms with E-state index in [4.69, 9.17) is 18.5 Å². The van der Waals surface area contributed by atoms with Crippen LogP contribution < -0.4 is 9.47 Å². The fourth-order valence-electron chi connectivity index (χ4n) is 2.79. The lowest BCUT2D eigenvalue weighted by molar-refractivity contribution is -0.113. The van der Waals surface area contributed by atoms with Crippen molar-refractivity contribution in [3.8, 4) is 17.2 Å². The summed E-state index contributed by atoms with van der Waals surface area (Å²) in [4.78, 5) is 0. The molecule has 0 saturated carbocycles. The second-order valence-electron chi connectivity index (χ2n) is 6.22. The molecule has 1 fully saturated rings. The van der Waals surface area contributed by atoms with E-state index >= 15 is 0 Å². The normalized spacial score (nSPS) is 15.3. The van der Waals surface area contributed by atoms with Crippen LogP contribution in [0.5, 0.6) is 17.2 Å². The number of benzene rings is 2. The minimum absolute atomic E-state index is 0.141. The van der Waals surface area contributed by atoms with Crippen LogP contribution in [0.3, 0.4) is 0 Å². The summed E-state index contributed by atoms with van der Waals surface area (Å²) in [5, 5.41) is 1.43. The van der Waals surface area contributed by atoms with Gasteiger partial charge in [-0.15, -0.1) is 0 Å². The molecular formula is C20H25NO6S. The lowest BCUT2D eigenvalue weighted by atomic mass is 10.1. The van der Waals surface area contributed by atoms with Gasteiger partial charge in [0.05, 0.1) is 25.6 Å². The molecular weight excluding hydrogens is 382 g/mol. The number of morpholine rings is 1. The minimum Gasteiger partial charge on any atom is -0.490 e. The maximum atomic E-state index is 12.3. The quantitative estimate of drug-likeness (QED) is 0.632. The van der Waals surface area contributed by atoms with E-state index in [1.807, 2.05) is 55.5 Å². The van der Waals surface area contributed by atoms with E-state index < -0.39 is 10.1 Å². The minimum atomic E-state index is -3.70. The van der Waals surface area contributed by atoms with E-state index in [1.165, 1.54) is 5.06 Å². The molecule has 0 unspecified atom stereocenters. The van der Waals surface area contributed by atoms with E-state index in [1.54, 1.807) is 0 Å². The molecule has 2 aromatic rings. The van der Waals surface area contributed by atoms with Gasteiger partial charge in [-0.1, -0.05) is 30.3 Å². The number of hydrogen-bond acceptors (Lipinski definition) is 7. The molecule has 3 rings (SSSR count). The number of ether oxygens (including phenoxy) is 3. The summed E-state index contributed by atoms with van der Waals surface area (Å²) < 4.78 is 46.6. The van der Waals surface area contributed by atoms with Crippen molar-refractivity contribution in [3.63, 3.8) is 0 Å². The summed E-state index contributed by atoms with van der Waals surface area (Å²) in [5.41, 5.74) is 0.781. The molecule has 1 aliphatic heterocycles. The Hall–Kier alpha value is -2.13. The fourth-order valence-corrected chi connectivity index (χ4v) is 3.81. The van der Waals surface area contributed by atoms with E-state index in [0.717, 1.165) is 5.56 Å². The van der Waals surface area contributed by atoms with Crippen molar-refractivity contribution in [2.45, 2.75) is 13.3 Å². The first-order chi connectivity index (χ1) is 13.6. The van der Waals surface area contributed by atoms with Crippen LogP contribution in [0.1, 0.15) is 12.5 Å². The Kier molecular flexibility index (Phi) is 7.27. The highest BCUT2D eigenvalue weighted by molar-refractivity contribution is 7.86. The Balaban J connectivity index is 1.67. The predicted molar refractivity (Wildman–Crippen MR) is 105 cm³/mol. The van der Waals surface area contributed by atoms with Crippen LogP contribution in [0.25, 0.3) is 0 Å². The van der Waals surface area contributed by atoms with E-state index in [-0.39, 0.29) is 12.2 Å². The van der Waals surface area contributed by atoms with Gasteiger partial charge in [0.2, 0.25) is 0 Å². The van der Waals surface area contributed by atoms with Gasteiger partial charge in [-0.3, -0.25) is 0 Å². The largest absolute Gasteiger partial charge is 0.490 e. The molecule has 0 aliphatic carbocycles. The van der Waals surface area contributed by atoms with Gasteiger partial charge in [0.25, 0.3) is 10.1 Å². The monoisotopic (exact) mass is 407 g/mol. The third-order valence-electron chi connectivity index (χ3n) is 4.15. The third-order valence-corrected chi connectivity index (χ3v) is 5.29. The van der Waals surface area contributed by atoms with Gasteiger partial charge in [0.15, 0.2) is 11.5 Å². The number of aryl methyl sites for hydroxylation is 1. The SMILES string of the molecule is CCOc1ccccc1Oc1ccccc1CCS(=O)(=O)ON1CCOCC1. The fraction of sp³-hybridized carbons (Fsp3) is 0.400. The van der Waals surface area contributed by atoms with E-state index in [0.29, 0.717) is 50.2 Å². The highest BCUT2D eigenvalue weighted by Crippen LogP contribution is 2.33. The van der Waals surface area contributed by atoms with Gasteiger partial charge in [-0.05, 0) is 37.1 Å². The lowest BCUT2D eigenvalue weighted by Crippen LogP contribution is -2.38. The van der Waals surface area contributed by atoms with Crippen LogP contribution in [-0.4, -0.2) is 52.1 Å². The molecule has 8 heteroatoms. The molecule has 0 spiro atoms. The Morgan fingerprint density at radius 3 is 2.32 bits per heavy atom. The Labute approximate surface area is 165 Å². The zero-order chi connectivity index (χ0) is 19.8. The Morgan fingerprint density at radius 2 is 1.61 bits per heavy atom. The zero-order valence-electron chi connectivity index (χ0n) is 15.9. The summed E-state index contributed by atoms with van der Waals surface area (Å²) in [7, 11) is -3.70. The first-order valence-corrected chi connectivity index (χ1v) is 10.9. The highest BCUT2D eigenvalue weighted by atomic mass is 32.2. The number of hydroxylamine groups is 2. The zero-order valence-corrected chi connectivity index (χ0v) is 16.7. The molecule has 0 aromatic heterocycles. The number of nitrogens with zero attached hydrogens (tertiary/aromatic N) is 1. The van der Waals surface area contributed by atoms with Gasteiger partial charge in [-0.25, -0.2) is 0 Å². The molecule has 0 bridgehead atoms. The maximum absolute atomic E-state index is 12.3. The van der Waals surface area contributed by atoms with Gasteiger partial charge < -0.3 is 14.2 Å². The number of para-hydroxylation sites is 3. The van der Waals surface area contributed by atoms with Gasteiger partial charge in [-0.2, -0.15) is 17.8 Å². The van der Waals surface area contributed by atoms with E-state index in [9.17, 15) is 8.42 Å². The summed E-state index contributed by atoms with van der Waals surface area (Å²) in [5.74, 6) is 1.68. The summed E-state index contributed by atoms with van der Waals surface area (Å²) in [6, 6.07) is 14.8. The summed E-state index contributed by atoms with van der Waals surface area (Å²) >= 11 is 0. The second-order valence-corrected chi connectivity index (χ2v) is 7.89. The van der Waals surface area contributed by atoms with Crippen LogP contribution in [-0.2, 0) is 25.6 Å². The molecule has 0 radical (unpaired) electrons. The predicted octanol–water partition coefficient (Wildman–Crippen LogP) is 3.01. The van der Waals surface area contributed by atoms with Crippen molar-refractivity contribution >= 4 is 10.1 Å². The summed E-state index contributed by atoms with van der Waals surface area (Å²) in [6.45, 7) is 4.24. The van der Waals surface area contributed by atoms with Gasteiger partial charge >= 0.3 is 0 Å². The lowest BCUT2D eigenvalue weighted by Gasteiger charge is -2.24. The van der Waals surface area contributed by atoms with Crippen LogP contribution in [0.2, 0.25) is 0 Å². The van der Waals surface area contributed by atoms with Crippen molar-refractivity contribution in [1.29, 1.82) is 0 Å². The Bertz CT molecular complexity index is 865. The van der Waals surface area contributed by atoms with Gasteiger partial charge in [0, 0.05) is 13.1 Å². The maximum Gasteiger partial charge on any atom is 0.283 e. The van der Waals surface area contributed by atoms with Crippen LogP contribution in [0.4, 0.5) is 0 Å². The van der Waals surface area contributed by atoms with Crippen LogP contribution in [0, 0.1) is 0 Å². The Morgan fingerprint density at radius 1 is 0.964 bits per heavy atom. The number of hydrogen-bond donors (Lipinski definition) is 0. The van der Waals surface area contributed by atoms with Crippen molar-refractivity contribution in [1.82, 2.24) is 5.06 Å². The average molecular weight is 407 g/mol. The standard InChI is InChI=1S/C20H25NO6S/c1-2-25-19-9-5-6-10-20(19)26-18-8-4-3-7-17(18)11-16-28(22,23)27-21-12-14-24-15-13-21/h3-10H,2,11-16H2,1H3. The summed E-state index contributed by atoms with van der Waals surface area (Å²) in [6.07, 6.45) is 0.277. The second kappa shape index (κ2) is 9.88. The number of rotatable bonds is 9. The molecule has 2 aromatic carbocycles. The van der Waals surface area contributed by atoms with Crippen molar-refractivity contribution in [2.24, 2.45) is 0 Å². The topological polar surface area (TPSA) is 74.3 Å². The molecule has 152 valence electrons. The van der Waals surface area contributed by atoms with Gasteiger partial charge in [0.1, 0.15) is 5.75 Å². The first kappa shape index (κ1) is 20.6. The highest BCUT2D eigenvalue weighted by Gasteiger charge is 2.21. The third kappa shape index (κ3) is 5.93. The van der Waals surface area contributed by atoms with Crippen molar-refractivity contribution in [2.75, 3.05) is 38.7 Å². The van der Waals surface area contributed by atoms with Crippen molar-refractivity contribution < 1.29 is 26.9 Å². The molecule has 28 heavy (non-hydrogen) atoms. The molecule has 1 heterocycles. The molecule has 0 amide bonds. The molecule has 0 N–H and O–H groups in total. The average Bonchev–Trinajstić information content (AvgIpc) is 2.69.